The Labute approximate surface area is 100 Å². The SMILES string of the molecule is CCC(P)(O[SiH](C(C)C)C(C)C)C(C)C. The predicted molar refractivity (Wildman–Crippen MR) is 76.0 cm³/mol. The lowest BCUT2D eigenvalue weighted by Crippen LogP contribution is -2.40. The largest absolute Gasteiger partial charge is 0.411 e. The Hall–Kier alpha value is 0.607. The van der Waals surface area contributed by atoms with Gasteiger partial charge in [-0.15, -0.1) is 9.24 Å². The molecule has 0 aromatic heterocycles. The Morgan fingerprint density at radius 2 is 1.47 bits per heavy atom. The minimum absolute atomic E-state index is 0.00539. The lowest BCUT2D eigenvalue weighted by molar-refractivity contribution is 0.102. The summed E-state index contributed by atoms with van der Waals surface area (Å²) in [4.78, 5) is 0. The first kappa shape index (κ1) is 15.6. The van der Waals surface area contributed by atoms with E-state index in [1.165, 1.54) is 0 Å². The first-order valence-electron chi connectivity index (χ1n) is 6.21. The van der Waals surface area contributed by atoms with Gasteiger partial charge in [-0.3, -0.25) is 0 Å². The van der Waals surface area contributed by atoms with Crippen LogP contribution in [-0.4, -0.2) is 14.4 Å². The zero-order valence-corrected chi connectivity index (χ0v) is 13.8. The molecule has 92 valence electrons. The molecule has 0 radical (unpaired) electrons. The van der Waals surface area contributed by atoms with Gasteiger partial charge in [-0.25, -0.2) is 0 Å². The lowest BCUT2D eigenvalue weighted by atomic mass is 10.0. The molecule has 0 N–H and O–H groups in total. The van der Waals surface area contributed by atoms with Crippen molar-refractivity contribution in [3.8, 4) is 0 Å². The number of hydrogen-bond acceptors (Lipinski definition) is 1. The highest BCUT2D eigenvalue weighted by molar-refractivity contribution is 7.18. The van der Waals surface area contributed by atoms with Gasteiger partial charge in [-0.05, 0) is 23.4 Å². The molecule has 0 saturated carbocycles. The summed E-state index contributed by atoms with van der Waals surface area (Å²) in [5.74, 6) is 0.569. The molecule has 0 aromatic rings. The molecule has 15 heavy (non-hydrogen) atoms. The Bertz CT molecular complexity index is 174. The smallest absolute Gasteiger partial charge is 0.183 e. The zero-order valence-electron chi connectivity index (χ0n) is 11.5. The third kappa shape index (κ3) is 4.54. The van der Waals surface area contributed by atoms with E-state index in [9.17, 15) is 0 Å². The summed E-state index contributed by atoms with van der Waals surface area (Å²) in [5.41, 5.74) is 1.44. The van der Waals surface area contributed by atoms with Crippen molar-refractivity contribution < 1.29 is 4.43 Å². The monoisotopic (exact) mass is 248 g/mol. The van der Waals surface area contributed by atoms with Crippen LogP contribution in [0.25, 0.3) is 0 Å². The minimum atomic E-state index is -1.10. The molecule has 3 heteroatoms. The van der Waals surface area contributed by atoms with E-state index in [-0.39, 0.29) is 5.34 Å². The van der Waals surface area contributed by atoms with Gasteiger partial charge in [0, 0.05) is 0 Å². The molecule has 0 heterocycles. The fourth-order valence-corrected chi connectivity index (χ4v) is 5.42. The van der Waals surface area contributed by atoms with Gasteiger partial charge < -0.3 is 4.43 Å². The second kappa shape index (κ2) is 6.37. The van der Waals surface area contributed by atoms with E-state index < -0.39 is 9.04 Å². The number of hydrogen-bond donors (Lipinski definition) is 0. The minimum Gasteiger partial charge on any atom is -0.411 e. The molecule has 0 aliphatic rings. The third-order valence-electron chi connectivity index (χ3n) is 3.20. The fraction of sp³-hybridized carbons (Fsp3) is 1.00. The van der Waals surface area contributed by atoms with Crippen molar-refractivity contribution >= 4 is 18.3 Å². The standard InChI is InChI=1S/C12H29OPSi/c1-8-12(14,9(2)3)13-15(10(4)5)11(6)7/h9-11,15H,8,14H2,1-7H3. The third-order valence-corrected chi connectivity index (χ3v) is 8.02. The van der Waals surface area contributed by atoms with Crippen LogP contribution in [0, 0.1) is 5.92 Å². The molecule has 2 atom stereocenters. The quantitative estimate of drug-likeness (QED) is 0.506. The van der Waals surface area contributed by atoms with Crippen LogP contribution in [-0.2, 0) is 4.43 Å². The van der Waals surface area contributed by atoms with E-state index >= 15 is 0 Å². The van der Waals surface area contributed by atoms with Crippen LogP contribution >= 0.6 is 9.24 Å². The van der Waals surface area contributed by atoms with E-state index in [1.54, 1.807) is 0 Å². The van der Waals surface area contributed by atoms with Gasteiger partial charge in [0.1, 0.15) is 0 Å². The summed E-state index contributed by atoms with van der Waals surface area (Å²) in [6.07, 6.45) is 1.08. The first-order chi connectivity index (χ1) is 6.74. The molecule has 0 fully saturated rings. The van der Waals surface area contributed by atoms with Crippen LogP contribution in [0.4, 0.5) is 0 Å². The summed E-state index contributed by atoms with van der Waals surface area (Å²) in [7, 11) is 1.86. The molecule has 1 nitrogen and oxygen atoms in total. The van der Waals surface area contributed by atoms with Crippen molar-refractivity contribution in [1.29, 1.82) is 0 Å². The lowest BCUT2D eigenvalue weighted by Gasteiger charge is -2.39. The van der Waals surface area contributed by atoms with Crippen molar-refractivity contribution in [2.45, 2.75) is 71.3 Å². The summed E-state index contributed by atoms with van der Waals surface area (Å²) < 4.78 is 6.47. The van der Waals surface area contributed by atoms with E-state index in [2.05, 4.69) is 57.7 Å². The summed E-state index contributed by atoms with van der Waals surface area (Å²) in [6, 6.07) is 0. The Morgan fingerprint density at radius 3 is 1.67 bits per heavy atom. The van der Waals surface area contributed by atoms with Gasteiger partial charge in [0.15, 0.2) is 9.04 Å². The topological polar surface area (TPSA) is 9.23 Å². The highest BCUT2D eigenvalue weighted by atomic mass is 31.0. The highest BCUT2D eigenvalue weighted by Gasteiger charge is 2.33. The van der Waals surface area contributed by atoms with Crippen molar-refractivity contribution in [1.82, 2.24) is 0 Å². The second-order valence-electron chi connectivity index (χ2n) is 5.53. The predicted octanol–water partition coefficient (Wildman–Crippen LogP) is 4.18. The van der Waals surface area contributed by atoms with Gasteiger partial charge in [0.25, 0.3) is 0 Å². The van der Waals surface area contributed by atoms with Crippen LogP contribution in [0.3, 0.4) is 0 Å². The maximum absolute atomic E-state index is 6.47. The van der Waals surface area contributed by atoms with Crippen molar-refractivity contribution in [3.05, 3.63) is 0 Å². The molecule has 0 amide bonds. The summed E-state index contributed by atoms with van der Waals surface area (Å²) >= 11 is 0. The summed E-state index contributed by atoms with van der Waals surface area (Å²) in [6.45, 7) is 15.9. The first-order valence-corrected chi connectivity index (χ1v) is 8.59. The van der Waals surface area contributed by atoms with Gasteiger partial charge in [-0.2, -0.15) is 0 Å². The molecule has 0 rings (SSSR count). The normalized spacial score (nSPS) is 16.8. The van der Waals surface area contributed by atoms with Crippen LogP contribution < -0.4 is 0 Å². The van der Waals surface area contributed by atoms with Crippen LogP contribution in [0.5, 0.6) is 0 Å². The van der Waals surface area contributed by atoms with Crippen molar-refractivity contribution in [2.75, 3.05) is 0 Å². The Balaban J connectivity index is 4.63. The van der Waals surface area contributed by atoms with Gasteiger partial charge in [-0.1, -0.05) is 48.5 Å². The average molecular weight is 248 g/mol. The molecular weight excluding hydrogens is 219 g/mol. The van der Waals surface area contributed by atoms with Gasteiger partial charge >= 0.3 is 0 Å². The molecule has 0 spiro atoms. The van der Waals surface area contributed by atoms with E-state index in [0.29, 0.717) is 5.92 Å². The molecular formula is C12H29OPSi. The number of rotatable bonds is 6. The molecule has 2 unspecified atom stereocenters. The van der Waals surface area contributed by atoms with Gasteiger partial charge in [0.2, 0.25) is 0 Å². The Morgan fingerprint density at radius 1 is 1.07 bits per heavy atom. The fourth-order valence-electron chi connectivity index (χ4n) is 1.92. The molecule has 0 aliphatic carbocycles. The molecule has 0 aromatic carbocycles. The van der Waals surface area contributed by atoms with Crippen LogP contribution in [0.15, 0.2) is 0 Å². The van der Waals surface area contributed by atoms with Gasteiger partial charge in [0.05, 0.1) is 5.34 Å². The Kier molecular flexibility index (Phi) is 6.63. The zero-order chi connectivity index (χ0) is 12.2. The van der Waals surface area contributed by atoms with E-state index in [4.69, 9.17) is 4.43 Å². The maximum Gasteiger partial charge on any atom is 0.183 e. The average Bonchev–Trinajstić information content (AvgIpc) is 2.12. The van der Waals surface area contributed by atoms with Crippen LogP contribution in [0.1, 0.15) is 54.9 Å². The van der Waals surface area contributed by atoms with E-state index in [0.717, 1.165) is 17.5 Å². The molecule has 0 bridgehead atoms. The van der Waals surface area contributed by atoms with Crippen molar-refractivity contribution in [3.63, 3.8) is 0 Å². The second-order valence-corrected chi connectivity index (χ2v) is 10.3. The molecule has 0 aliphatic heterocycles. The van der Waals surface area contributed by atoms with Crippen molar-refractivity contribution in [2.24, 2.45) is 5.92 Å². The highest BCUT2D eigenvalue weighted by Crippen LogP contribution is 2.37. The summed E-state index contributed by atoms with van der Waals surface area (Å²) in [5, 5.41) is 0.00539. The maximum atomic E-state index is 6.47. The van der Waals surface area contributed by atoms with Crippen LogP contribution in [0.2, 0.25) is 11.1 Å². The van der Waals surface area contributed by atoms with E-state index in [1.807, 2.05) is 0 Å². The molecule has 0 saturated heterocycles.